The van der Waals surface area contributed by atoms with Crippen molar-refractivity contribution in [1.82, 2.24) is 4.90 Å². The number of ether oxygens (including phenoxy) is 1. The second kappa shape index (κ2) is 5.92. The van der Waals surface area contributed by atoms with Crippen LogP contribution in [0.4, 0.5) is 4.79 Å². The van der Waals surface area contributed by atoms with Crippen LogP contribution < -0.4 is 0 Å². The monoisotopic (exact) mass is 217 g/mol. The number of aliphatic hydroxyl groups excluding tert-OH is 2. The van der Waals surface area contributed by atoms with E-state index >= 15 is 0 Å². The predicted molar refractivity (Wildman–Crippen MR) is 54.4 cm³/mol. The lowest BCUT2D eigenvalue weighted by atomic mass is 9.94. The number of likely N-dealkylation sites (tertiary alicyclic amines) is 1. The van der Waals surface area contributed by atoms with Crippen molar-refractivity contribution in [3.8, 4) is 0 Å². The minimum absolute atomic E-state index is 0.0561. The highest BCUT2D eigenvalue weighted by Gasteiger charge is 2.34. The van der Waals surface area contributed by atoms with E-state index in [0.717, 1.165) is 0 Å². The number of nitrogens with zero attached hydrogens (tertiary/aromatic N) is 1. The molecule has 0 radical (unpaired) electrons. The fraction of sp³-hybridized carbons (Fsp3) is 0.900. The maximum absolute atomic E-state index is 11.4. The van der Waals surface area contributed by atoms with Crippen molar-refractivity contribution in [3.63, 3.8) is 0 Å². The summed E-state index contributed by atoms with van der Waals surface area (Å²) in [6, 6.07) is 0. The maximum Gasteiger partial charge on any atom is 0.409 e. The Labute approximate surface area is 89.6 Å². The van der Waals surface area contributed by atoms with E-state index in [2.05, 4.69) is 0 Å². The van der Waals surface area contributed by atoms with Crippen LogP contribution in [0.3, 0.4) is 0 Å². The van der Waals surface area contributed by atoms with Gasteiger partial charge in [-0.15, -0.1) is 0 Å². The van der Waals surface area contributed by atoms with E-state index in [1.807, 2.05) is 0 Å². The van der Waals surface area contributed by atoms with Gasteiger partial charge in [-0.25, -0.2) is 4.79 Å². The van der Waals surface area contributed by atoms with E-state index in [4.69, 9.17) is 14.9 Å². The summed E-state index contributed by atoms with van der Waals surface area (Å²) in [5, 5.41) is 18.0. The van der Waals surface area contributed by atoms with Gasteiger partial charge in [0, 0.05) is 32.2 Å². The number of carbonyl (C=O) groups excluding carboxylic acids is 1. The summed E-state index contributed by atoms with van der Waals surface area (Å²) < 4.78 is 4.89. The standard InChI is InChI=1S/C10H19NO4/c1-2-15-10(14)11-5-8(3-4-12)9(6-11)7-13/h8-9,12-13H,2-7H2,1H3/t8-,9-/m1/s1. The molecule has 1 aliphatic rings. The molecule has 1 rings (SSSR count). The summed E-state index contributed by atoms with van der Waals surface area (Å²) in [5.74, 6) is 0.256. The van der Waals surface area contributed by atoms with Crippen molar-refractivity contribution >= 4 is 6.09 Å². The summed E-state index contributed by atoms with van der Waals surface area (Å²) >= 11 is 0. The van der Waals surface area contributed by atoms with Gasteiger partial charge in [0.2, 0.25) is 0 Å². The molecule has 0 aromatic rings. The van der Waals surface area contributed by atoms with Gasteiger partial charge in [-0.1, -0.05) is 0 Å². The van der Waals surface area contributed by atoms with E-state index in [1.54, 1.807) is 11.8 Å². The fourth-order valence-corrected chi connectivity index (χ4v) is 2.00. The summed E-state index contributed by atoms with van der Waals surface area (Å²) in [6.45, 7) is 3.38. The molecular formula is C10H19NO4. The first-order valence-corrected chi connectivity index (χ1v) is 5.36. The molecule has 0 unspecified atom stereocenters. The topological polar surface area (TPSA) is 70.0 Å². The number of hydrogen-bond acceptors (Lipinski definition) is 4. The molecule has 15 heavy (non-hydrogen) atoms. The second-order valence-electron chi connectivity index (χ2n) is 3.82. The first-order valence-electron chi connectivity index (χ1n) is 5.36. The Bertz CT molecular complexity index is 210. The second-order valence-corrected chi connectivity index (χ2v) is 3.82. The molecule has 2 N–H and O–H groups in total. The molecule has 0 aliphatic carbocycles. The van der Waals surface area contributed by atoms with Crippen molar-refractivity contribution in [2.75, 3.05) is 32.9 Å². The molecule has 1 saturated heterocycles. The molecule has 5 heteroatoms. The third-order valence-electron chi connectivity index (χ3n) is 2.84. The molecule has 1 fully saturated rings. The molecule has 0 saturated carbocycles. The number of carbonyl (C=O) groups is 1. The SMILES string of the molecule is CCOC(=O)N1C[C@@H](CCO)[C@@H](CO)C1. The molecule has 5 nitrogen and oxygen atoms in total. The lowest BCUT2D eigenvalue weighted by molar-refractivity contribution is 0.112. The molecule has 0 aromatic carbocycles. The number of hydrogen-bond donors (Lipinski definition) is 2. The van der Waals surface area contributed by atoms with Gasteiger partial charge in [-0.3, -0.25) is 0 Å². The van der Waals surface area contributed by atoms with Crippen LogP contribution in [0.5, 0.6) is 0 Å². The van der Waals surface area contributed by atoms with E-state index in [1.165, 1.54) is 0 Å². The average Bonchev–Trinajstić information content (AvgIpc) is 2.62. The van der Waals surface area contributed by atoms with Crippen LogP contribution in [-0.2, 0) is 4.74 Å². The molecule has 0 spiro atoms. The number of amides is 1. The zero-order chi connectivity index (χ0) is 11.3. The highest BCUT2D eigenvalue weighted by atomic mass is 16.6. The molecule has 1 amide bonds. The van der Waals surface area contributed by atoms with Gasteiger partial charge in [0.25, 0.3) is 0 Å². The Balaban J connectivity index is 2.48. The summed E-state index contributed by atoms with van der Waals surface area (Å²) in [7, 11) is 0. The molecule has 2 atom stereocenters. The first-order chi connectivity index (χ1) is 7.22. The van der Waals surface area contributed by atoms with Gasteiger partial charge in [-0.2, -0.15) is 0 Å². The van der Waals surface area contributed by atoms with E-state index in [-0.39, 0.29) is 31.1 Å². The zero-order valence-electron chi connectivity index (χ0n) is 9.06. The number of aliphatic hydroxyl groups is 2. The molecular weight excluding hydrogens is 198 g/mol. The highest BCUT2D eigenvalue weighted by molar-refractivity contribution is 5.68. The zero-order valence-corrected chi connectivity index (χ0v) is 9.06. The Kier molecular flexibility index (Phi) is 4.84. The Morgan fingerprint density at radius 2 is 2.07 bits per heavy atom. The van der Waals surface area contributed by atoms with Crippen LogP contribution in [0.15, 0.2) is 0 Å². The van der Waals surface area contributed by atoms with Crippen LogP contribution in [0.25, 0.3) is 0 Å². The third-order valence-corrected chi connectivity index (χ3v) is 2.84. The Morgan fingerprint density at radius 1 is 1.40 bits per heavy atom. The first kappa shape index (κ1) is 12.3. The van der Waals surface area contributed by atoms with Crippen LogP contribution >= 0.6 is 0 Å². The molecule has 88 valence electrons. The Hall–Kier alpha value is -0.810. The van der Waals surface area contributed by atoms with Crippen LogP contribution in [-0.4, -0.2) is 54.1 Å². The normalized spacial score (nSPS) is 25.7. The van der Waals surface area contributed by atoms with Crippen molar-refractivity contribution < 1.29 is 19.7 Å². The minimum atomic E-state index is -0.323. The summed E-state index contributed by atoms with van der Waals surface area (Å²) in [4.78, 5) is 13.0. The molecule has 0 bridgehead atoms. The predicted octanol–water partition coefficient (Wildman–Crippen LogP) is 0.0656. The minimum Gasteiger partial charge on any atom is -0.450 e. The van der Waals surface area contributed by atoms with Gasteiger partial charge in [0.05, 0.1) is 6.61 Å². The summed E-state index contributed by atoms with van der Waals surface area (Å²) in [6.07, 6.45) is 0.303. The van der Waals surface area contributed by atoms with Gasteiger partial charge >= 0.3 is 6.09 Å². The fourth-order valence-electron chi connectivity index (χ4n) is 2.00. The van der Waals surface area contributed by atoms with Crippen molar-refractivity contribution in [2.45, 2.75) is 13.3 Å². The molecule has 1 aliphatic heterocycles. The van der Waals surface area contributed by atoms with Crippen molar-refractivity contribution in [1.29, 1.82) is 0 Å². The highest BCUT2D eigenvalue weighted by Crippen LogP contribution is 2.26. The summed E-state index contributed by atoms with van der Waals surface area (Å²) in [5.41, 5.74) is 0. The van der Waals surface area contributed by atoms with Crippen LogP contribution in [0.1, 0.15) is 13.3 Å². The van der Waals surface area contributed by atoms with Crippen LogP contribution in [0, 0.1) is 11.8 Å². The van der Waals surface area contributed by atoms with Crippen LogP contribution in [0.2, 0.25) is 0 Å². The number of rotatable bonds is 4. The lowest BCUT2D eigenvalue weighted by Crippen LogP contribution is -2.29. The molecule has 0 aromatic heterocycles. The van der Waals surface area contributed by atoms with Crippen molar-refractivity contribution in [3.05, 3.63) is 0 Å². The largest absolute Gasteiger partial charge is 0.450 e. The van der Waals surface area contributed by atoms with Gasteiger partial charge in [-0.05, 0) is 19.3 Å². The van der Waals surface area contributed by atoms with E-state index in [9.17, 15) is 4.79 Å². The van der Waals surface area contributed by atoms with E-state index < -0.39 is 0 Å². The van der Waals surface area contributed by atoms with Gasteiger partial charge < -0.3 is 19.8 Å². The molecule has 1 heterocycles. The quantitative estimate of drug-likeness (QED) is 0.699. The van der Waals surface area contributed by atoms with Gasteiger partial charge in [0.15, 0.2) is 0 Å². The van der Waals surface area contributed by atoms with Gasteiger partial charge in [0.1, 0.15) is 0 Å². The maximum atomic E-state index is 11.4. The lowest BCUT2D eigenvalue weighted by Gasteiger charge is -2.15. The smallest absolute Gasteiger partial charge is 0.409 e. The third kappa shape index (κ3) is 3.07. The average molecular weight is 217 g/mol. The van der Waals surface area contributed by atoms with E-state index in [0.29, 0.717) is 26.1 Å². The van der Waals surface area contributed by atoms with Crippen molar-refractivity contribution in [2.24, 2.45) is 11.8 Å². The Morgan fingerprint density at radius 3 is 2.60 bits per heavy atom.